The highest BCUT2D eigenvalue weighted by atomic mass is 16.5. The molecule has 1 aromatic heterocycles. The summed E-state index contributed by atoms with van der Waals surface area (Å²) in [4.78, 5) is 26.4. The molecule has 0 aliphatic rings. The van der Waals surface area contributed by atoms with Crippen LogP contribution in [0.1, 0.15) is 29.8 Å². The molecular formula is C26H32N4O4. The number of hydrogen-bond acceptors (Lipinski definition) is 7. The number of amides is 1. The molecule has 3 aromatic rings. The summed E-state index contributed by atoms with van der Waals surface area (Å²) in [5.74, 6) is 2.34. The summed E-state index contributed by atoms with van der Waals surface area (Å²) in [6.45, 7) is 4.57. The zero-order valence-corrected chi connectivity index (χ0v) is 20.8. The van der Waals surface area contributed by atoms with Crippen molar-refractivity contribution >= 4 is 11.7 Å². The molecule has 0 aliphatic heterocycles. The Labute approximate surface area is 201 Å². The maximum atomic E-state index is 13.4. The molecule has 3 rings (SSSR count). The number of benzene rings is 2. The number of carbonyl (C=O) groups is 1. The third-order valence-electron chi connectivity index (χ3n) is 5.64. The summed E-state index contributed by atoms with van der Waals surface area (Å²) in [6.07, 6.45) is 1.59. The van der Waals surface area contributed by atoms with Crippen LogP contribution in [-0.2, 0) is 6.54 Å². The van der Waals surface area contributed by atoms with Gasteiger partial charge < -0.3 is 24.0 Å². The van der Waals surface area contributed by atoms with Gasteiger partial charge in [-0.15, -0.1) is 0 Å². The molecule has 0 spiro atoms. The van der Waals surface area contributed by atoms with Crippen LogP contribution in [0.15, 0.2) is 48.7 Å². The lowest BCUT2D eigenvalue weighted by Gasteiger charge is -2.26. The maximum Gasteiger partial charge on any atom is 0.259 e. The summed E-state index contributed by atoms with van der Waals surface area (Å²) in [5, 5.41) is 0. The number of nitrogens with zero attached hydrogens (tertiary/aromatic N) is 4. The van der Waals surface area contributed by atoms with Crippen molar-refractivity contribution in [3.63, 3.8) is 0 Å². The van der Waals surface area contributed by atoms with Crippen molar-refractivity contribution in [2.75, 3.05) is 40.3 Å². The summed E-state index contributed by atoms with van der Waals surface area (Å²) < 4.78 is 16.4. The summed E-state index contributed by atoms with van der Waals surface area (Å²) in [5.41, 5.74) is 2.17. The largest absolute Gasteiger partial charge is 0.493 e. The quantitative estimate of drug-likeness (QED) is 0.468. The maximum absolute atomic E-state index is 13.4. The number of methoxy groups -OCH3 is 3. The molecule has 0 N–H and O–H groups in total. The first-order valence-electron chi connectivity index (χ1n) is 11.0. The van der Waals surface area contributed by atoms with Crippen LogP contribution in [0, 0.1) is 0 Å². The highest BCUT2D eigenvalue weighted by molar-refractivity contribution is 5.98. The highest BCUT2D eigenvalue weighted by Gasteiger charge is 2.24. The molecule has 2 aromatic carbocycles. The second-order valence-corrected chi connectivity index (χ2v) is 8.20. The average Bonchev–Trinajstić information content (AvgIpc) is 2.86. The van der Waals surface area contributed by atoms with Crippen molar-refractivity contribution in [1.82, 2.24) is 14.9 Å². The SMILES string of the molecule is COc1cc(-c2ncc(C(=O)N(C)Cc3ccccc3)c(N(C)C(C)C)n2)cc(OC)c1OC. The van der Waals surface area contributed by atoms with Gasteiger partial charge in [0.25, 0.3) is 5.91 Å². The Balaban J connectivity index is 2.05. The first-order valence-corrected chi connectivity index (χ1v) is 11.0. The molecule has 34 heavy (non-hydrogen) atoms. The number of ether oxygens (including phenoxy) is 3. The standard InChI is InChI=1S/C26H32N4O4/c1-17(2)30(4)25-20(26(31)29(3)16-18-11-9-8-10-12-18)15-27-24(28-25)19-13-21(32-5)23(34-7)22(14-19)33-6/h8-15,17H,16H2,1-7H3. The van der Waals surface area contributed by atoms with Crippen LogP contribution in [0.2, 0.25) is 0 Å². The zero-order valence-electron chi connectivity index (χ0n) is 20.8. The Bertz CT molecular complexity index is 1110. The van der Waals surface area contributed by atoms with Gasteiger partial charge in [0, 0.05) is 38.4 Å². The first kappa shape index (κ1) is 24.8. The zero-order chi connectivity index (χ0) is 24.8. The van der Waals surface area contributed by atoms with Crippen molar-refractivity contribution in [3.05, 3.63) is 59.8 Å². The van der Waals surface area contributed by atoms with Crippen LogP contribution in [0.3, 0.4) is 0 Å². The fraction of sp³-hybridized carbons (Fsp3) is 0.346. The molecule has 0 aliphatic carbocycles. The van der Waals surface area contributed by atoms with E-state index in [9.17, 15) is 4.79 Å². The smallest absolute Gasteiger partial charge is 0.259 e. The Morgan fingerprint density at radius 3 is 2.12 bits per heavy atom. The topological polar surface area (TPSA) is 77.0 Å². The van der Waals surface area contributed by atoms with Crippen LogP contribution in [-0.4, -0.2) is 62.2 Å². The molecule has 180 valence electrons. The Morgan fingerprint density at radius 1 is 0.971 bits per heavy atom. The number of carbonyl (C=O) groups excluding carboxylic acids is 1. The normalized spacial score (nSPS) is 10.7. The van der Waals surface area contributed by atoms with Crippen molar-refractivity contribution in [1.29, 1.82) is 0 Å². The van der Waals surface area contributed by atoms with Gasteiger partial charge in [0.2, 0.25) is 5.75 Å². The van der Waals surface area contributed by atoms with Gasteiger partial charge in [0.1, 0.15) is 11.4 Å². The first-order chi connectivity index (χ1) is 16.3. The van der Waals surface area contributed by atoms with Crippen LogP contribution >= 0.6 is 0 Å². The average molecular weight is 465 g/mol. The molecule has 0 unspecified atom stereocenters. The Morgan fingerprint density at radius 2 is 1.59 bits per heavy atom. The molecule has 0 bridgehead atoms. The van der Waals surface area contributed by atoms with Gasteiger partial charge in [-0.3, -0.25) is 4.79 Å². The summed E-state index contributed by atoms with van der Waals surface area (Å²) >= 11 is 0. The number of rotatable bonds is 9. The molecule has 1 heterocycles. The summed E-state index contributed by atoms with van der Waals surface area (Å²) in [6, 6.07) is 13.6. The van der Waals surface area contributed by atoms with Gasteiger partial charge in [-0.2, -0.15) is 0 Å². The number of hydrogen-bond donors (Lipinski definition) is 0. The minimum atomic E-state index is -0.150. The second kappa shape index (κ2) is 10.9. The molecule has 8 heteroatoms. The van der Waals surface area contributed by atoms with E-state index in [-0.39, 0.29) is 11.9 Å². The lowest BCUT2D eigenvalue weighted by Crippen LogP contribution is -2.32. The van der Waals surface area contributed by atoms with Crippen LogP contribution in [0.4, 0.5) is 5.82 Å². The lowest BCUT2D eigenvalue weighted by atomic mass is 10.1. The van der Waals surface area contributed by atoms with E-state index in [1.54, 1.807) is 51.6 Å². The van der Waals surface area contributed by atoms with Crippen LogP contribution in [0.25, 0.3) is 11.4 Å². The van der Waals surface area contributed by atoms with E-state index in [0.717, 1.165) is 5.56 Å². The molecule has 1 amide bonds. The minimum Gasteiger partial charge on any atom is -0.493 e. The summed E-state index contributed by atoms with van der Waals surface area (Å²) in [7, 11) is 8.37. The van der Waals surface area contributed by atoms with E-state index in [1.165, 1.54) is 0 Å². The molecule has 8 nitrogen and oxygen atoms in total. The lowest BCUT2D eigenvalue weighted by molar-refractivity contribution is 0.0785. The van der Waals surface area contributed by atoms with Gasteiger partial charge in [-0.25, -0.2) is 9.97 Å². The van der Waals surface area contributed by atoms with Crippen molar-refractivity contribution < 1.29 is 19.0 Å². The minimum absolute atomic E-state index is 0.119. The van der Waals surface area contributed by atoms with Gasteiger partial charge in [-0.05, 0) is 31.5 Å². The van der Waals surface area contributed by atoms with E-state index in [2.05, 4.69) is 4.98 Å². The van der Waals surface area contributed by atoms with Crippen molar-refractivity contribution in [2.24, 2.45) is 0 Å². The highest BCUT2D eigenvalue weighted by Crippen LogP contribution is 2.40. The molecular weight excluding hydrogens is 432 g/mol. The third kappa shape index (κ3) is 5.22. The van der Waals surface area contributed by atoms with Crippen molar-refractivity contribution in [3.8, 4) is 28.6 Å². The van der Waals surface area contributed by atoms with Crippen molar-refractivity contribution in [2.45, 2.75) is 26.4 Å². The monoisotopic (exact) mass is 464 g/mol. The van der Waals surface area contributed by atoms with E-state index in [4.69, 9.17) is 19.2 Å². The molecule has 0 saturated heterocycles. The molecule has 0 fully saturated rings. The van der Waals surface area contributed by atoms with Gasteiger partial charge in [0.15, 0.2) is 17.3 Å². The van der Waals surface area contributed by atoms with Gasteiger partial charge in [0.05, 0.1) is 21.3 Å². The fourth-order valence-corrected chi connectivity index (χ4v) is 3.52. The van der Waals surface area contributed by atoms with Crippen LogP contribution in [0.5, 0.6) is 17.2 Å². The van der Waals surface area contributed by atoms with Gasteiger partial charge >= 0.3 is 0 Å². The fourth-order valence-electron chi connectivity index (χ4n) is 3.52. The predicted molar refractivity (Wildman–Crippen MR) is 133 cm³/mol. The van der Waals surface area contributed by atoms with E-state index in [0.29, 0.717) is 46.6 Å². The second-order valence-electron chi connectivity index (χ2n) is 8.20. The number of aromatic nitrogens is 2. The Hall–Kier alpha value is -3.81. The van der Waals surface area contributed by atoms with E-state index >= 15 is 0 Å². The predicted octanol–water partition coefficient (Wildman–Crippen LogP) is 4.29. The number of anilines is 1. The molecule has 0 atom stereocenters. The van der Waals surface area contributed by atoms with Crippen LogP contribution < -0.4 is 19.1 Å². The third-order valence-corrected chi connectivity index (χ3v) is 5.64. The molecule has 0 radical (unpaired) electrons. The van der Waals surface area contributed by atoms with E-state index in [1.807, 2.05) is 56.1 Å². The molecule has 0 saturated carbocycles. The van der Waals surface area contributed by atoms with E-state index < -0.39 is 0 Å². The van der Waals surface area contributed by atoms with Gasteiger partial charge in [-0.1, -0.05) is 30.3 Å². The Kier molecular flexibility index (Phi) is 7.94.